The number of nitrogens with one attached hydrogen (secondary N) is 2. The van der Waals surface area contributed by atoms with Gasteiger partial charge in [-0.3, -0.25) is 4.79 Å². The molecule has 1 unspecified atom stereocenters. The summed E-state index contributed by atoms with van der Waals surface area (Å²) in [5, 5.41) is 11.0. The number of hydroxylamine groups is 1. The van der Waals surface area contributed by atoms with Gasteiger partial charge in [-0.05, 0) is 6.42 Å². The smallest absolute Gasteiger partial charge is 0.367 e. The fraction of sp³-hybridized carbons (Fsp3) is 0.750. The predicted octanol–water partition coefficient (Wildman–Crippen LogP) is -1.77. The Labute approximate surface area is 87.9 Å². The quantitative estimate of drug-likeness (QED) is 0.229. The van der Waals surface area contributed by atoms with Crippen LogP contribution in [0.4, 0.5) is 0 Å². The molecule has 7 nitrogen and oxygen atoms in total. The van der Waals surface area contributed by atoms with Gasteiger partial charge in [0.15, 0.2) is 0 Å². The number of aliphatic hydroxyl groups is 1. The summed E-state index contributed by atoms with van der Waals surface area (Å²) in [6.07, 6.45) is 0.116. The number of rotatable bonds is 7. The lowest BCUT2D eigenvalue weighted by Crippen LogP contribution is -2.45. The number of unbranched alkanes of at least 4 members (excludes halogenated alkanes) is 1. The SMILES string of the molecule is CCCCNOC(=O)C(O)NC(=O)CN. The van der Waals surface area contributed by atoms with Crippen LogP contribution in [-0.2, 0) is 14.4 Å². The van der Waals surface area contributed by atoms with Gasteiger partial charge < -0.3 is 21.0 Å². The Balaban J connectivity index is 3.64. The Hall–Kier alpha value is -1.18. The topological polar surface area (TPSA) is 114 Å². The van der Waals surface area contributed by atoms with E-state index in [-0.39, 0.29) is 6.54 Å². The molecule has 1 atom stereocenters. The zero-order valence-electron chi connectivity index (χ0n) is 8.66. The number of hydrogen-bond donors (Lipinski definition) is 4. The van der Waals surface area contributed by atoms with Crippen molar-refractivity contribution in [2.45, 2.75) is 26.0 Å². The van der Waals surface area contributed by atoms with Crippen molar-refractivity contribution in [3.8, 4) is 0 Å². The second-order valence-electron chi connectivity index (χ2n) is 2.84. The molecule has 0 fully saturated rings. The van der Waals surface area contributed by atoms with E-state index < -0.39 is 18.1 Å². The average molecular weight is 219 g/mol. The number of amides is 1. The lowest BCUT2D eigenvalue weighted by Gasteiger charge is -2.11. The number of carbonyl (C=O) groups is 2. The van der Waals surface area contributed by atoms with Gasteiger partial charge in [-0.15, -0.1) is 0 Å². The van der Waals surface area contributed by atoms with Crippen molar-refractivity contribution in [2.75, 3.05) is 13.1 Å². The van der Waals surface area contributed by atoms with Crippen molar-refractivity contribution in [1.29, 1.82) is 0 Å². The lowest BCUT2D eigenvalue weighted by atomic mass is 10.3. The average Bonchev–Trinajstić information content (AvgIpc) is 2.23. The summed E-state index contributed by atoms with van der Waals surface area (Å²) in [6, 6.07) is 0. The molecule has 0 aliphatic rings. The molecule has 0 saturated carbocycles. The first-order chi connectivity index (χ1) is 7.11. The van der Waals surface area contributed by atoms with Crippen LogP contribution in [0.2, 0.25) is 0 Å². The molecule has 0 aliphatic heterocycles. The van der Waals surface area contributed by atoms with Crippen molar-refractivity contribution < 1.29 is 19.5 Å². The minimum atomic E-state index is -1.69. The molecular weight excluding hydrogens is 202 g/mol. The second-order valence-corrected chi connectivity index (χ2v) is 2.84. The largest absolute Gasteiger partial charge is 0.374 e. The highest BCUT2D eigenvalue weighted by Crippen LogP contribution is 1.85. The van der Waals surface area contributed by atoms with Gasteiger partial charge in [-0.1, -0.05) is 13.3 Å². The summed E-state index contributed by atoms with van der Waals surface area (Å²) in [7, 11) is 0. The third-order valence-corrected chi connectivity index (χ3v) is 1.51. The van der Waals surface area contributed by atoms with Crippen LogP contribution in [0.1, 0.15) is 19.8 Å². The van der Waals surface area contributed by atoms with E-state index >= 15 is 0 Å². The maximum atomic E-state index is 11.0. The maximum absolute atomic E-state index is 11.0. The fourth-order valence-electron chi connectivity index (χ4n) is 0.697. The molecule has 0 aromatic rings. The zero-order chi connectivity index (χ0) is 11.7. The Kier molecular flexibility index (Phi) is 7.51. The van der Waals surface area contributed by atoms with Crippen LogP contribution < -0.4 is 16.5 Å². The molecular formula is C8H17N3O4. The Bertz CT molecular complexity index is 210. The van der Waals surface area contributed by atoms with Crippen molar-refractivity contribution >= 4 is 11.9 Å². The maximum Gasteiger partial charge on any atom is 0.374 e. The van der Waals surface area contributed by atoms with E-state index in [0.29, 0.717) is 6.54 Å². The molecule has 1 amide bonds. The van der Waals surface area contributed by atoms with Crippen LogP contribution in [0.15, 0.2) is 0 Å². The third kappa shape index (κ3) is 6.83. The van der Waals surface area contributed by atoms with Gasteiger partial charge >= 0.3 is 5.97 Å². The first-order valence-corrected chi connectivity index (χ1v) is 4.72. The predicted molar refractivity (Wildman–Crippen MR) is 52.2 cm³/mol. The summed E-state index contributed by atoms with van der Waals surface area (Å²) in [5.41, 5.74) is 7.34. The van der Waals surface area contributed by atoms with Crippen LogP contribution >= 0.6 is 0 Å². The van der Waals surface area contributed by atoms with Crippen molar-refractivity contribution in [3.63, 3.8) is 0 Å². The highest BCUT2D eigenvalue weighted by molar-refractivity contribution is 5.84. The summed E-state index contributed by atoms with van der Waals surface area (Å²) in [4.78, 5) is 26.1. The fourth-order valence-corrected chi connectivity index (χ4v) is 0.697. The molecule has 0 aromatic carbocycles. The Morgan fingerprint density at radius 2 is 2.20 bits per heavy atom. The van der Waals surface area contributed by atoms with Gasteiger partial charge in [0.2, 0.25) is 12.1 Å². The third-order valence-electron chi connectivity index (χ3n) is 1.51. The van der Waals surface area contributed by atoms with E-state index in [0.717, 1.165) is 12.8 Å². The number of nitrogens with two attached hydrogens (primary N) is 1. The Morgan fingerprint density at radius 3 is 2.73 bits per heavy atom. The van der Waals surface area contributed by atoms with Gasteiger partial charge in [0.1, 0.15) is 0 Å². The minimum Gasteiger partial charge on any atom is -0.367 e. The molecule has 7 heteroatoms. The van der Waals surface area contributed by atoms with E-state index in [9.17, 15) is 9.59 Å². The van der Waals surface area contributed by atoms with Gasteiger partial charge in [0.25, 0.3) is 0 Å². The first-order valence-electron chi connectivity index (χ1n) is 4.72. The molecule has 0 heterocycles. The molecule has 0 aromatic heterocycles. The number of hydrogen-bond acceptors (Lipinski definition) is 6. The summed E-state index contributed by atoms with van der Waals surface area (Å²) >= 11 is 0. The van der Waals surface area contributed by atoms with Crippen molar-refractivity contribution in [3.05, 3.63) is 0 Å². The standard InChI is InChI=1S/C8H17N3O4/c1-2-3-4-10-15-8(14)7(13)11-6(12)5-9/h7,10,13H,2-5,9H2,1H3,(H,11,12). The lowest BCUT2D eigenvalue weighted by molar-refractivity contribution is -0.164. The summed E-state index contributed by atoms with van der Waals surface area (Å²) in [5.74, 6) is -1.60. The van der Waals surface area contributed by atoms with E-state index in [1.165, 1.54) is 0 Å². The molecule has 15 heavy (non-hydrogen) atoms. The van der Waals surface area contributed by atoms with E-state index in [4.69, 9.17) is 10.8 Å². The van der Waals surface area contributed by atoms with Gasteiger partial charge in [0.05, 0.1) is 6.54 Å². The van der Waals surface area contributed by atoms with Gasteiger partial charge in [-0.2, -0.15) is 5.48 Å². The van der Waals surface area contributed by atoms with E-state index in [2.05, 4.69) is 10.3 Å². The van der Waals surface area contributed by atoms with Crippen LogP contribution in [0.25, 0.3) is 0 Å². The number of carbonyl (C=O) groups excluding carboxylic acids is 2. The highest BCUT2D eigenvalue weighted by Gasteiger charge is 2.18. The first kappa shape index (κ1) is 13.8. The minimum absolute atomic E-state index is 0.298. The van der Waals surface area contributed by atoms with Crippen molar-refractivity contribution in [2.24, 2.45) is 5.73 Å². The monoisotopic (exact) mass is 219 g/mol. The molecule has 0 rings (SSSR count). The van der Waals surface area contributed by atoms with Crippen molar-refractivity contribution in [1.82, 2.24) is 10.8 Å². The van der Waals surface area contributed by atoms with Crippen LogP contribution in [0.5, 0.6) is 0 Å². The van der Waals surface area contributed by atoms with Crippen LogP contribution in [-0.4, -0.2) is 36.3 Å². The second kappa shape index (κ2) is 8.16. The van der Waals surface area contributed by atoms with Gasteiger partial charge in [-0.25, -0.2) is 4.79 Å². The zero-order valence-corrected chi connectivity index (χ0v) is 8.66. The molecule has 0 saturated heterocycles. The summed E-state index contributed by atoms with van der Waals surface area (Å²) in [6.45, 7) is 2.19. The normalized spacial score (nSPS) is 11.9. The highest BCUT2D eigenvalue weighted by atomic mass is 16.7. The molecule has 0 aliphatic carbocycles. The molecule has 5 N–H and O–H groups in total. The molecule has 0 bridgehead atoms. The van der Waals surface area contributed by atoms with Crippen LogP contribution in [0, 0.1) is 0 Å². The Morgan fingerprint density at radius 1 is 1.53 bits per heavy atom. The summed E-state index contributed by atoms with van der Waals surface area (Å²) < 4.78 is 0. The van der Waals surface area contributed by atoms with Gasteiger partial charge in [0, 0.05) is 6.54 Å². The van der Waals surface area contributed by atoms with E-state index in [1.807, 2.05) is 12.2 Å². The molecule has 0 radical (unpaired) electrons. The molecule has 0 spiro atoms. The molecule has 88 valence electrons. The van der Waals surface area contributed by atoms with Crippen LogP contribution in [0.3, 0.4) is 0 Å². The van der Waals surface area contributed by atoms with E-state index in [1.54, 1.807) is 0 Å². The number of aliphatic hydroxyl groups excluding tert-OH is 1.